The summed E-state index contributed by atoms with van der Waals surface area (Å²) in [5.74, 6) is 0. The molecule has 1 aromatic rings. The smallest absolute Gasteiger partial charge is 0.0930 e. The molecule has 3 N–H and O–H groups in total. The maximum atomic E-state index is 9.94. The molecule has 0 aliphatic carbocycles. The monoisotopic (exact) mass is 199 g/mol. The average molecular weight is 199 g/mol. The van der Waals surface area contributed by atoms with Gasteiger partial charge in [0.05, 0.1) is 6.10 Å². The van der Waals surface area contributed by atoms with Gasteiger partial charge >= 0.3 is 0 Å². The zero-order valence-corrected chi connectivity index (χ0v) is 9.19. The van der Waals surface area contributed by atoms with Gasteiger partial charge in [-0.15, -0.1) is 11.3 Å². The van der Waals surface area contributed by atoms with Gasteiger partial charge in [-0.3, -0.25) is 0 Å². The number of rotatable bonds is 2. The molecule has 0 aromatic carbocycles. The maximum absolute atomic E-state index is 9.94. The van der Waals surface area contributed by atoms with Crippen LogP contribution in [-0.2, 0) is 6.54 Å². The fourth-order valence-corrected chi connectivity index (χ4v) is 2.20. The number of nitrogens with two attached hydrogens (primary N) is 1. The van der Waals surface area contributed by atoms with Gasteiger partial charge in [0.1, 0.15) is 0 Å². The fourth-order valence-electron chi connectivity index (χ4n) is 1.08. The molecule has 1 heterocycles. The third kappa shape index (κ3) is 2.53. The summed E-state index contributed by atoms with van der Waals surface area (Å²) >= 11 is 1.59. The second-order valence-corrected chi connectivity index (χ2v) is 5.48. The summed E-state index contributed by atoms with van der Waals surface area (Å²) in [6, 6.07) is 3.94. The average Bonchev–Trinajstić information content (AvgIpc) is 2.48. The predicted octanol–water partition coefficient (Wildman–Crippen LogP) is 2.29. The highest BCUT2D eigenvalue weighted by Crippen LogP contribution is 2.35. The van der Waals surface area contributed by atoms with Crippen molar-refractivity contribution in [1.82, 2.24) is 0 Å². The molecule has 0 aliphatic rings. The molecule has 2 nitrogen and oxygen atoms in total. The van der Waals surface area contributed by atoms with Crippen molar-refractivity contribution in [2.75, 3.05) is 0 Å². The number of hydrogen-bond donors (Lipinski definition) is 2. The van der Waals surface area contributed by atoms with E-state index >= 15 is 0 Å². The van der Waals surface area contributed by atoms with Crippen molar-refractivity contribution in [2.24, 2.45) is 11.1 Å². The first-order chi connectivity index (χ1) is 5.95. The van der Waals surface area contributed by atoms with E-state index in [0.29, 0.717) is 6.54 Å². The molecule has 0 saturated heterocycles. The zero-order chi connectivity index (χ0) is 10.1. The molecular formula is C10H17NOS. The molecule has 0 aliphatic heterocycles. The van der Waals surface area contributed by atoms with Gasteiger partial charge in [0, 0.05) is 16.3 Å². The van der Waals surface area contributed by atoms with Crippen LogP contribution < -0.4 is 5.73 Å². The minimum absolute atomic E-state index is 0.100. The van der Waals surface area contributed by atoms with Crippen molar-refractivity contribution < 1.29 is 5.11 Å². The highest BCUT2D eigenvalue weighted by atomic mass is 32.1. The highest BCUT2D eigenvalue weighted by Gasteiger charge is 2.24. The van der Waals surface area contributed by atoms with E-state index in [2.05, 4.69) is 0 Å². The van der Waals surface area contributed by atoms with Crippen LogP contribution in [-0.4, -0.2) is 5.11 Å². The SMILES string of the molecule is CC(C)(C)[C@H](O)c1ccc(CN)s1. The van der Waals surface area contributed by atoms with Crippen molar-refractivity contribution >= 4 is 11.3 Å². The summed E-state index contributed by atoms with van der Waals surface area (Å²) in [7, 11) is 0. The molecule has 13 heavy (non-hydrogen) atoms. The molecule has 0 bridgehead atoms. The Hall–Kier alpha value is -0.380. The van der Waals surface area contributed by atoms with Gasteiger partial charge in [-0.2, -0.15) is 0 Å². The Morgan fingerprint density at radius 1 is 1.46 bits per heavy atom. The van der Waals surface area contributed by atoms with E-state index in [1.165, 1.54) is 0 Å². The molecule has 1 aromatic heterocycles. The molecule has 1 atom stereocenters. The van der Waals surface area contributed by atoms with Crippen LogP contribution >= 0.6 is 11.3 Å². The molecule has 1 rings (SSSR count). The summed E-state index contributed by atoms with van der Waals surface area (Å²) in [6.07, 6.45) is -0.391. The third-order valence-corrected chi connectivity index (χ3v) is 3.13. The van der Waals surface area contributed by atoms with Crippen LogP contribution in [0.5, 0.6) is 0 Å². The largest absolute Gasteiger partial charge is 0.387 e. The van der Waals surface area contributed by atoms with Crippen LogP contribution in [0.4, 0.5) is 0 Å². The van der Waals surface area contributed by atoms with E-state index in [0.717, 1.165) is 9.75 Å². The standard InChI is InChI=1S/C10H17NOS/c1-10(2,3)9(12)8-5-4-7(6-11)13-8/h4-5,9,12H,6,11H2,1-3H3/t9-/m1/s1. The van der Waals surface area contributed by atoms with Crippen molar-refractivity contribution in [3.63, 3.8) is 0 Å². The Morgan fingerprint density at radius 2 is 2.08 bits per heavy atom. The molecular weight excluding hydrogens is 182 g/mol. The van der Waals surface area contributed by atoms with Gasteiger partial charge in [-0.05, 0) is 17.5 Å². The second-order valence-electron chi connectivity index (χ2n) is 4.28. The van der Waals surface area contributed by atoms with Crippen LogP contribution in [0.25, 0.3) is 0 Å². The lowest BCUT2D eigenvalue weighted by molar-refractivity contribution is 0.0658. The minimum atomic E-state index is -0.391. The Labute approximate surface area is 83.4 Å². The maximum Gasteiger partial charge on any atom is 0.0930 e. The van der Waals surface area contributed by atoms with Crippen molar-refractivity contribution in [3.05, 3.63) is 21.9 Å². The van der Waals surface area contributed by atoms with Crippen molar-refractivity contribution in [2.45, 2.75) is 33.4 Å². The van der Waals surface area contributed by atoms with Gasteiger partial charge in [0.2, 0.25) is 0 Å². The van der Waals surface area contributed by atoms with Crippen LogP contribution in [0.1, 0.15) is 36.6 Å². The minimum Gasteiger partial charge on any atom is -0.387 e. The molecule has 0 fully saturated rings. The Balaban J connectivity index is 2.83. The fraction of sp³-hybridized carbons (Fsp3) is 0.600. The second kappa shape index (κ2) is 3.78. The summed E-state index contributed by atoms with van der Waals surface area (Å²) < 4.78 is 0. The molecule has 0 amide bonds. The molecule has 0 spiro atoms. The van der Waals surface area contributed by atoms with Gasteiger partial charge in [0.25, 0.3) is 0 Å². The van der Waals surface area contributed by atoms with E-state index in [1.54, 1.807) is 11.3 Å². The molecule has 0 unspecified atom stereocenters. The van der Waals surface area contributed by atoms with Crippen molar-refractivity contribution in [3.8, 4) is 0 Å². The van der Waals surface area contributed by atoms with Gasteiger partial charge in [-0.1, -0.05) is 20.8 Å². The number of thiophene rings is 1. The Morgan fingerprint density at radius 3 is 2.46 bits per heavy atom. The van der Waals surface area contributed by atoms with E-state index in [1.807, 2.05) is 32.9 Å². The lowest BCUT2D eigenvalue weighted by Crippen LogP contribution is -2.16. The summed E-state index contributed by atoms with van der Waals surface area (Å²) in [4.78, 5) is 2.13. The quantitative estimate of drug-likeness (QED) is 0.767. The molecule has 3 heteroatoms. The summed E-state index contributed by atoms with van der Waals surface area (Å²) in [5, 5.41) is 9.94. The Bertz CT molecular complexity index is 275. The summed E-state index contributed by atoms with van der Waals surface area (Å²) in [5.41, 5.74) is 5.40. The predicted molar refractivity (Wildman–Crippen MR) is 56.6 cm³/mol. The summed E-state index contributed by atoms with van der Waals surface area (Å²) in [6.45, 7) is 6.64. The molecule has 74 valence electrons. The number of aliphatic hydroxyl groups excluding tert-OH is 1. The van der Waals surface area contributed by atoms with Gasteiger partial charge < -0.3 is 10.8 Å². The van der Waals surface area contributed by atoms with E-state index in [-0.39, 0.29) is 5.41 Å². The van der Waals surface area contributed by atoms with E-state index in [4.69, 9.17) is 5.73 Å². The Kier molecular flexibility index (Phi) is 3.11. The van der Waals surface area contributed by atoms with E-state index in [9.17, 15) is 5.11 Å². The lowest BCUT2D eigenvalue weighted by Gasteiger charge is -2.24. The number of hydrogen-bond acceptors (Lipinski definition) is 3. The van der Waals surface area contributed by atoms with Gasteiger partial charge in [-0.25, -0.2) is 0 Å². The van der Waals surface area contributed by atoms with Crippen LogP contribution in [0.2, 0.25) is 0 Å². The van der Waals surface area contributed by atoms with Crippen LogP contribution in [0.15, 0.2) is 12.1 Å². The van der Waals surface area contributed by atoms with Crippen LogP contribution in [0.3, 0.4) is 0 Å². The first-order valence-electron chi connectivity index (χ1n) is 4.42. The third-order valence-electron chi connectivity index (χ3n) is 1.97. The molecule has 0 saturated carbocycles. The topological polar surface area (TPSA) is 46.2 Å². The highest BCUT2D eigenvalue weighted by molar-refractivity contribution is 7.12. The normalized spacial score (nSPS) is 14.5. The first-order valence-corrected chi connectivity index (χ1v) is 5.23. The zero-order valence-electron chi connectivity index (χ0n) is 8.37. The molecule has 0 radical (unpaired) electrons. The van der Waals surface area contributed by atoms with Gasteiger partial charge in [0.15, 0.2) is 0 Å². The van der Waals surface area contributed by atoms with E-state index < -0.39 is 6.10 Å². The first kappa shape index (κ1) is 10.7. The van der Waals surface area contributed by atoms with Crippen molar-refractivity contribution in [1.29, 1.82) is 0 Å². The van der Waals surface area contributed by atoms with Crippen LogP contribution in [0, 0.1) is 5.41 Å². The number of aliphatic hydroxyl groups is 1. The lowest BCUT2D eigenvalue weighted by atomic mass is 9.88.